The summed E-state index contributed by atoms with van der Waals surface area (Å²) in [6, 6.07) is 7.64. The van der Waals surface area contributed by atoms with E-state index >= 15 is 0 Å². The Morgan fingerprint density at radius 2 is 1.85 bits per heavy atom. The Kier molecular flexibility index (Phi) is 8.47. The Balaban J connectivity index is 2.13. The SMILES string of the molecule is CCOC(=O)C(C)=C[C@H](C(C)C)N(C)C(=O)CNC(=O)C(C)(C)c1cn(C)c2ccccc12. The number of rotatable bonds is 9. The van der Waals surface area contributed by atoms with E-state index in [0.29, 0.717) is 12.2 Å². The van der Waals surface area contributed by atoms with E-state index < -0.39 is 11.4 Å². The molecule has 0 saturated carbocycles. The highest BCUT2D eigenvalue weighted by atomic mass is 16.5. The van der Waals surface area contributed by atoms with Crippen LogP contribution in [-0.4, -0.2) is 53.5 Å². The maximum Gasteiger partial charge on any atom is 0.333 e. The molecule has 180 valence electrons. The molecule has 0 aliphatic carbocycles. The van der Waals surface area contributed by atoms with Gasteiger partial charge in [-0.05, 0) is 45.2 Å². The minimum atomic E-state index is -0.822. The van der Waals surface area contributed by atoms with Gasteiger partial charge in [-0.15, -0.1) is 0 Å². The van der Waals surface area contributed by atoms with Gasteiger partial charge in [-0.25, -0.2) is 4.79 Å². The van der Waals surface area contributed by atoms with Gasteiger partial charge in [0.05, 0.1) is 24.6 Å². The van der Waals surface area contributed by atoms with Crippen molar-refractivity contribution < 1.29 is 19.1 Å². The zero-order chi connectivity index (χ0) is 24.9. The van der Waals surface area contributed by atoms with E-state index in [9.17, 15) is 14.4 Å². The molecule has 7 heteroatoms. The summed E-state index contributed by atoms with van der Waals surface area (Å²) in [5.41, 5.74) is 1.59. The lowest BCUT2D eigenvalue weighted by molar-refractivity contribution is -0.138. The van der Waals surface area contributed by atoms with E-state index in [1.54, 1.807) is 31.9 Å². The first kappa shape index (κ1) is 26.2. The van der Waals surface area contributed by atoms with Crippen molar-refractivity contribution in [1.29, 1.82) is 0 Å². The molecule has 0 aliphatic rings. The molecule has 1 N–H and O–H groups in total. The van der Waals surface area contributed by atoms with Crippen LogP contribution in [-0.2, 0) is 31.6 Å². The number of fused-ring (bicyclic) bond motifs is 1. The van der Waals surface area contributed by atoms with Crippen LogP contribution < -0.4 is 5.32 Å². The van der Waals surface area contributed by atoms with Gasteiger partial charge in [0.1, 0.15) is 0 Å². The third-order valence-corrected chi connectivity index (χ3v) is 6.08. The Hall–Kier alpha value is -3.09. The summed E-state index contributed by atoms with van der Waals surface area (Å²) in [5, 5.41) is 3.83. The van der Waals surface area contributed by atoms with Crippen LogP contribution in [0.4, 0.5) is 0 Å². The molecule has 1 atom stereocenters. The molecule has 0 aliphatic heterocycles. The second-order valence-corrected chi connectivity index (χ2v) is 9.29. The van der Waals surface area contributed by atoms with Crippen molar-refractivity contribution in [3.8, 4) is 0 Å². The minimum absolute atomic E-state index is 0.0751. The molecule has 1 aromatic heterocycles. The number of aryl methyl sites for hydroxylation is 1. The van der Waals surface area contributed by atoms with Crippen molar-refractivity contribution in [2.75, 3.05) is 20.2 Å². The van der Waals surface area contributed by atoms with Crippen LogP contribution in [0.25, 0.3) is 10.9 Å². The number of carbonyl (C=O) groups excluding carboxylic acids is 3. The molecule has 0 bridgehead atoms. The fourth-order valence-electron chi connectivity index (χ4n) is 3.95. The van der Waals surface area contributed by atoms with Gasteiger partial charge in [-0.2, -0.15) is 0 Å². The predicted octanol–water partition coefficient (Wildman–Crippen LogP) is 3.56. The van der Waals surface area contributed by atoms with Crippen LogP contribution in [0.5, 0.6) is 0 Å². The number of amides is 2. The molecule has 1 aromatic carbocycles. The fraction of sp³-hybridized carbons (Fsp3) is 0.500. The van der Waals surface area contributed by atoms with Gasteiger partial charge in [-0.3, -0.25) is 9.59 Å². The van der Waals surface area contributed by atoms with E-state index in [-0.39, 0.29) is 30.3 Å². The first-order valence-corrected chi connectivity index (χ1v) is 11.4. The maximum absolute atomic E-state index is 13.1. The number of hydrogen-bond donors (Lipinski definition) is 1. The topological polar surface area (TPSA) is 80.6 Å². The highest BCUT2D eigenvalue weighted by Gasteiger charge is 2.33. The van der Waals surface area contributed by atoms with Crippen molar-refractivity contribution in [2.24, 2.45) is 13.0 Å². The average Bonchev–Trinajstić information content (AvgIpc) is 3.12. The third kappa shape index (κ3) is 5.83. The van der Waals surface area contributed by atoms with Crippen LogP contribution >= 0.6 is 0 Å². The number of nitrogens with one attached hydrogen (secondary N) is 1. The van der Waals surface area contributed by atoms with Gasteiger partial charge in [0.15, 0.2) is 0 Å². The largest absolute Gasteiger partial charge is 0.463 e. The molecule has 1 heterocycles. The van der Waals surface area contributed by atoms with Crippen LogP contribution in [0.3, 0.4) is 0 Å². The number of aromatic nitrogens is 1. The zero-order valence-electron chi connectivity index (χ0n) is 21.1. The van der Waals surface area contributed by atoms with Gasteiger partial charge in [0, 0.05) is 36.8 Å². The first-order valence-electron chi connectivity index (χ1n) is 11.4. The second-order valence-electron chi connectivity index (χ2n) is 9.29. The average molecular weight is 456 g/mol. The number of carbonyl (C=O) groups is 3. The first-order chi connectivity index (χ1) is 15.4. The van der Waals surface area contributed by atoms with Crippen molar-refractivity contribution >= 4 is 28.7 Å². The zero-order valence-corrected chi connectivity index (χ0v) is 21.1. The molecule has 0 radical (unpaired) electrons. The monoisotopic (exact) mass is 455 g/mol. The highest BCUT2D eigenvalue weighted by molar-refractivity contribution is 5.96. The van der Waals surface area contributed by atoms with Crippen molar-refractivity contribution in [2.45, 2.75) is 53.0 Å². The van der Waals surface area contributed by atoms with Crippen molar-refractivity contribution in [1.82, 2.24) is 14.8 Å². The van der Waals surface area contributed by atoms with E-state index in [1.807, 2.05) is 69.8 Å². The maximum atomic E-state index is 13.1. The molecule has 2 amide bonds. The number of para-hydroxylation sites is 1. The summed E-state index contributed by atoms with van der Waals surface area (Å²) in [6.45, 7) is 11.3. The van der Waals surface area contributed by atoms with Crippen molar-refractivity contribution in [3.63, 3.8) is 0 Å². The lowest BCUT2D eigenvalue weighted by Crippen LogP contribution is -2.48. The lowest BCUT2D eigenvalue weighted by Gasteiger charge is -2.30. The molecule has 2 aromatic rings. The van der Waals surface area contributed by atoms with Gasteiger partial charge < -0.3 is 19.5 Å². The lowest BCUT2D eigenvalue weighted by atomic mass is 9.83. The Labute approximate surface area is 196 Å². The Morgan fingerprint density at radius 3 is 2.45 bits per heavy atom. The molecule has 2 rings (SSSR count). The summed E-state index contributed by atoms with van der Waals surface area (Å²) >= 11 is 0. The van der Waals surface area contributed by atoms with Crippen molar-refractivity contribution in [3.05, 3.63) is 47.7 Å². The Bertz CT molecular complexity index is 1050. The van der Waals surface area contributed by atoms with Crippen LogP contribution in [0.15, 0.2) is 42.1 Å². The number of nitrogens with zero attached hydrogens (tertiary/aromatic N) is 2. The number of benzene rings is 1. The molecule has 0 unspecified atom stereocenters. The third-order valence-electron chi connectivity index (χ3n) is 6.08. The van der Waals surface area contributed by atoms with E-state index in [0.717, 1.165) is 16.5 Å². The predicted molar refractivity (Wildman–Crippen MR) is 131 cm³/mol. The number of hydrogen-bond acceptors (Lipinski definition) is 4. The van der Waals surface area contributed by atoms with Gasteiger partial charge in [0.2, 0.25) is 11.8 Å². The number of likely N-dealkylation sites (N-methyl/N-ethyl adjacent to an activating group) is 1. The quantitative estimate of drug-likeness (QED) is 0.463. The second kappa shape index (κ2) is 10.7. The molecule has 0 saturated heterocycles. The van der Waals surface area contributed by atoms with E-state index in [4.69, 9.17) is 4.74 Å². The minimum Gasteiger partial charge on any atom is -0.463 e. The summed E-state index contributed by atoms with van der Waals surface area (Å²) in [4.78, 5) is 39.6. The van der Waals surface area contributed by atoms with Gasteiger partial charge in [-0.1, -0.05) is 38.1 Å². The number of esters is 1. The standard InChI is InChI=1S/C26H37N3O4/c1-9-33-24(31)18(4)14-22(17(2)3)29(8)23(30)15-27-25(32)26(5,6)20-16-28(7)21-13-11-10-12-19(20)21/h10-14,16-17,22H,9,15H2,1-8H3,(H,27,32)/t22-/m1/s1. The normalized spacial score (nSPS) is 13.2. The smallest absolute Gasteiger partial charge is 0.333 e. The van der Waals surface area contributed by atoms with E-state index in [1.165, 1.54) is 0 Å². The molecule has 33 heavy (non-hydrogen) atoms. The molecule has 0 spiro atoms. The summed E-state index contributed by atoms with van der Waals surface area (Å²) < 4.78 is 7.05. The summed E-state index contributed by atoms with van der Waals surface area (Å²) in [6.07, 6.45) is 3.72. The summed E-state index contributed by atoms with van der Waals surface area (Å²) in [7, 11) is 3.64. The van der Waals surface area contributed by atoms with Gasteiger partial charge >= 0.3 is 5.97 Å². The molecular weight excluding hydrogens is 418 g/mol. The van der Waals surface area contributed by atoms with Gasteiger partial charge in [0.25, 0.3) is 0 Å². The number of ether oxygens (including phenoxy) is 1. The molecule has 7 nitrogen and oxygen atoms in total. The summed E-state index contributed by atoms with van der Waals surface area (Å²) in [5.74, 6) is -0.774. The van der Waals surface area contributed by atoms with E-state index in [2.05, 4.69) is 5.32 Å². The highest BCUT2D eigenvalue weighted by Crippen LogP contribution is 2.31. The van der Waals surface area contributed by atoms with Crippen LogP contribution in [0, 0.1) is 5.92 Å². The molecule has 0 fully saturated rings. The Morgan fingerprint density at radius 1 is 1.21 bits per heavy atom. The fourth-order valence-corrected chi connectivity index (χ4v) is 3.95. The van der Waals surface area contributed by atoms with Crippen LogP contribution in [0.1, 0.15) is 47.1 Å². The molecular formula is C26H37N3O4. The van der Waals surface area contributed by atoms with Crippen LogP contribution in [0.2, 0.25) is 0 Å².